The van der Waals surface area contributed by atoms with Crippen LogP contribution in [0.25, 0.3) is 6.08 Å². The standard InChI is InChI=1S/C9H7.C9H13.C2H4.2ClH.Ti/c1-2-5-9-7-3-6-8(9)4-1;1-6-5-7(2)9(4)8(6)3;1-2;;;/h1-7H;6H,1-4H3;1-2H2;2*1H;/q;;;;;+2/p-2. The van der Waals surface area contributed by atoms with Crippen molar-refractivity contribution in [2.75, 3.05) is 0 Å². The molecule has 2 atom stereocenters. The summed E-state index contributed by atoms with van der Waals surface area (Å²) in [6.45, 7) is 9.55. The Balaban J connectivity index is 0.000000960. The van der Waals surface area contributed by atoms with Crippen molar-refractivity contribution in [3.8, 4) is 0 Å². The Morgan fingerprint density at radius 2 is 1.61 bits per heavy atom. The van der Waals surface area contributed by atoms with Gasteiger partial charge >= 0.3 is 132 Å². The van der Waals surface area contributed by atoms with Crippen LogP contribution < -0.4 is 24.8 Å². The molecular formula is C20H24Cl2Ti. The molecule has 1 aliphatic heterocycles. The number of allylic oxidation sites excluding steroid dienone is 5. The quantitative estimate of drug-likeness (QED) is 0.633. The zero-order valence-electron chi connectivity index (χ0n) is 14.3. The zero-order chi connectivity index (χ0) is 14.8. The van der Waals surface area contributed by atoms with Crippen molar-refractivity contribution in [2.45, 2.75) is 41.4 Å². The smallest absolute Gasteiger partial charge is 1.00 e. The van der Waals surface area contributed by atoms with Crippen LogP contribution in [0.5, 0.6) is 0 Å². The molecule has 3 aliphatic rings. The summed E-state index contributed by atoms with van der Waals surface area (Å²) in [6.07, 6.45) is 4.93. The van der Waals surface area contributed by atoms with Gasteiger partial charge in [0, 0.05) is 0 Å². The van der Waals surface area contributed by atoms with Gasteiger partial charge in [-0.25, -0.2) is 0 Å². The fourth-order valence-electron chi connectivity index (χ4n) is 4.78. The average Bonchev–Trinajstić information content (AvgIpc) is 3.11. The summed E-state index contributed by atoms with van der Waals surface area (Å²) < 4.78 is 5.80. The third-order valence-corrected chi connectivity index (χ3v) is 14.4. The summed E-state index contributed by atoms with van der Waals surface area (Å²) in [7, 11) is 0. The molecule has 3 heteroatoms. The van der Waals surface area contributed by atoms with Crippen LogP contribution in [0.15, 0.2) is 50.9 Å². The molecule has 1 aromatic rings. The molecular weight excluding hydrogens is 359 g/mol. The molecule has 0 bridgehead atoms. The van der Waals surface area contributed by atoms with Crippen LogP contribution in [0.3, 0.4) is 0 Å². The van der Waals surface area contributed by atoms with Crippen molar-refractivity contribution >= 4 is 6.08 Å². The molecule has 0 aromatic heterocycles. The summed E-state index contributed by atoms with van der Waals surface area (Å²) in [4.78, 5) is 0. The third-order valence-electron chi connectivity index (χ3n) is 6.36. The molecule has 122 valence electrons. The molecule has 1 fully saturated rings. The Morgan fingerprint density at radius 1 is 0.957 bits per heavy atom. The SMILES string of the molecule is CC1=C(C)C(C)[C]([Ti+2]2([CH]3C=Cc4ccccc43)[CH2][CH2]2)=C1C.[Cl-].[Cl-]. The van der Waals surface area contributed by atoms with Gasteiger partial charge in [0.2, 0.25) is 0 Å². The van der Waals surface area contributed by atoms with E-state index in [2.05, 4.69) is 64.1 Å². The summed E-state index contributed by atoms with van der Waals surface area (Å²) in [6, 6.07) is 9.08. The maximum Gasteiger partial charge on any atom is -1.00 e. The van der Waals surface area contributed by atoms with Crippen LogP contribution in [0.4, 0.5) is 0 Å². The molecule has 0 N–H and O–H groups in total. The van der Waals surface area contributed by atoms with Gasteiger partial charge in [0.25, 0.3) is 0 Å². The van der Waals surface area contributed by atoms with Crippen molar-refractivity contribution < 1.29 is 41.4 Å². The van der Waals surface area contributed by atoms with Crippen molar-refractivity contribution in [2.24, 2.45) is 5.92 Å². The van der Waals surface area contributed by atoms with Gasteiger partial charge in [-0.3, -0.25) is 0 Å². The van der Waals surface area contributed by atoms with Gasteiger partial charge in [0.1, 0.15) is 0 Å². The van der Waals surface area contributed by atoms with Crippen LogP contribution in [-0.2, 0) is 16.6 Å². The molecule has 2 aliphatic carbocycles. The van der Waals surface area contributed by atoms with Gasteiger partial charge in [-0.2, -0.15) is 0 Å². The number of fused-ring (bicyclic) bond motifs is 1. The van der Waals surface area contributed by atoms with E-state index in [0.29, 0.717) is 5.92 Å². The Hall–Kier alpha value is -0.266. The predicted octanol–water partition coefficient (Wildman–Crippen LogP) is 0.0267. The number of rotatable bonds is 2. The monoisotopic (exact) mass is 382 g/mol. The maximum absolute atomic E-state index is 2.55. The van der Waals surface area contributed by atoms with E-state index in [-0.39, 0.29) is 24.8 Å². The first-order valence-corrected chi connectivity index (χ1v) is 12.1. The Kier molecular flexibility index (Phi) is 5.44. The first kappa shape index (κ1) is 19.1. The largest absolute Gasteiger partial charge is 1.00 e. The molecule has 1 saturated heterocycles. The van der Waals surface area contributed by atoms with E-state index in [4.69, 9.17) is 0 Å². The number of hydrogen-bond donors (Lipinski definition) is 0. The van der Waals surface area contributed by atoms with Gasteiger partial charge in [-0.05, 0) is 0 Å². The van der Waals surface area contributed by atoms with Crippen molar-refractivity contribution in [3.05, 3.63) is 62.1 Å². The molecule has 1 aromatic carbocycles. The Labute approximate surface area is 156 Å². The predicted molar refractivity (Wildman–Crippen MR) is 88.1 cm³/mol. The summed E-state index contributed by atoms with van der Waals surface area (Å²) >= 11 is -1.89. The van der Waals surface area contributed by atoms with Gasteiger partial charge in [0.05, 0.1) is 0 Å². The number of halogens is 2. The van der Waals surface area contributed by atoms with E-state index in [9.17, 15) is 0 Å². The minimum atomic E-state index is -1.89. The molecule has 23 heavy (non-hydrogen) atoms. The number of benzene rings is 1. The average molecular weight is 383 g/mol. The second-order valence-corrected chi connectivity index (χ2v) is 14.2. The van der Waals surface area contributed by atoms with Crippen molar-refractivity contribution in [3.63, 3.8) is 0 Å². The number of hydrogen-bond acceptors (Lipinski definition) is 0. The normalized spacial score (nSPS) is 25.4. The molecule has 2 unspecified atom stereocenters. The van der Waals surface area contributed by atoms with E-state index < -0.39 is 16.6 Å². The van der Waals surface area contributed by atoms with Gasteiger partial charge in [-0.15, -0.1) is 0 Å². The molecule has 1 heterocycles. The van der Waals surface area contributed by atoms with Crippen molar-refractivity contribution in [1.82, 2.24) is 0 Å². The zero-order valence-corrected chi connectivity index (χ0v) is 17.4. The molecule has 4 rings (SSSR count). The van der Waals surface area contributed by atoms with E-state index in [1.165, 1.54) is 5.56 Å². The molecule has 0 nitrogen and oxygen atoms in total. The molecule has 0 spiro atoms. The van der Waals surface area contributed by atoms with Crippen LogP contribution >= 0.6 is 0 Å². The first-order valence-electron chi connectivity index (χ1n) is 8.22. The van der Waals surface area contributed by atoms with Crippen molar-refractivity contribution in [1.29, 1.82) is 0 Å². The van der Waals surface area contributed by atoms with Crippen LogP contribution in [0.2, 0.25) is 9.45 Å². The minimum Gasteiger partial charge on any atom is -1.00 e. The molecule has 0 radical (unpaired) electrons. The fraction of sp³-hybridized carbons (Fsp3) is 0.400. The summed E-state index contributed by atoms with van der Waals surface area (Å²) in [5.41, 5.74) is 7.99. The molecule has 0 saturated carbocycles. The maximum atomic E-state index is 2.55. The van der Waals surface area contributed by atoms with E-state index in [0.717, 1.165) is 4.22 Å². The first-order chi connectivity index (χ1) is 10.1. The minimum absolute atomic E-state index is 0. The van der Waals surface area contributed by atoms with Gasteiger partial charge < -0.3 is 24.8 Å². The summed E-state index contributed by atoms with van der Waals surface area (Å²) in [5, 5.41) is 0. The topological polar surface area (TPSA) is 0 Å². The fourth-order valence-corrected chi connectivity index (χ4v) is 14.5. The van der Waals surface area contributed by atoms with Crippen LogP contribution in [0, 0.1) is 5.92 Å². The Bertz CT molecular complexity index is 723. The Morgan fingerprint density at radius 3 is 2.17 bits per heavy atom. The molecule has 0 amide bonds. The van der Waals surface area contributed by atoms with Crippen LogP contribution in [0.1, 0.15) is 43.0 Å². The second kappa shape index (κ2) is 6.56. The van der Waals surface area contributed by atoms with E-state index in [1.54, 1.807) is 31.7 Å². The second-order valence-electron chi connectivity index (χ2n) is 7.19. The van der Waals surface area contributed by atoms with Crippen LogP contribution in [-0.4, -0.2) is 0 Å². The van der Waals surface area contributed by atoms with E-state index in [1.807, 2.05) is 3.88 Å². The third kappa shape index (κ3) is 2.63. The van der Waals surface area contributed by atoms with E-state index >= 15 is 0 Å². The van der Waals surface area contributed by atoms with Gasteiger partial charge in [-0.1, -0.05) is 0 Å². The summed E-state index contributed by atoms with van der Waals surface area (Å²) in [5.74, 6) is 0.716. The van der Waals surface area contributed by atoms with Gasteiger partial charge in [0.15, 0.2) is 0 Å².